The highest BCUT2D eigenvalue weighted by Crippen LogP contribution is 2.28. The Morgan fingerprint density at radius 3 is 2.20 bits per heavy atom. The smallest absolute Gasteiger partial charge is 0.0343 e. The van der Waals surface area contributed by atoms with Gasteiger partial charge in [0.05, 0.1) is 0 Å². The van der Waals surface area contributed by atoms with E-state index in [-0.39, 0.29) is 0 Å². The monoisotopic (exact) mass is 269 g/mol. The van der Waals surface area contributed by atoms with Gasteiger partial charge >= 0.3 is 0 Å². The van der Waals surface area contributed by atoms with E-state index in [0.29, 0.717) is 12.0 Å². The summed E-state index contributed by atoms with van der Waals surface area (Å²) in [6.45, 7) is 8.81. The van der Waals surface area contributed by atoms with Crippen LogP contribution in [0.3, 0.4) is 0 Å². The van der Waals surface area contributed by atoms with Gasteiger partial charge in [-0.25, -0.2) is 0 Å². The molecule has 0 saturated carbocycles. The van der Waals surface area contributed by atoms with E-state index in [1.165, 1.54) is 21.2 Å². The van der Waals surface area contributed by atoms with Crippen LogP contribution in [0.15, 0.2) is 16.6 Å². The van der Waals surface area contributed by atoms with Crippen molar-refractivity contribution in [3.8, 4) is 0 Å². The third kappa shape index (κ3) is 2.82. The highest BCUT2D eigenvalue weighted by atomic mass is 79.9. The Balaban J connectivity index is 3.18. The van der Waals surface area contributed by atoms with E-state index >= 15 is 0 Å². The molecule has 0 radical (unpaired) electrons. The van der Waals surface area contributed by atoms with E-state index in [2.05, 4.69) is 61.1 Å². The highest BCUT2D eigenvalue weighted by molar-refractivity contribution is 9.10. The highest BCUT2D eigenvalue weighted by Gasteiger charge is 2.16. The maximum atomic E-state index is 3.57. The van der Waals surface area contributed by atoms with Crippen molar-refractivity contribution in [2.75, 3.05) is 7.05 Å². The first-order chi connectivity index (χ1) is 6.97. The van der Waals surface area contributed by atoms with Crippen molar-refractivity contribution < 1.29 is 0 Å². The van der Waals surface area contributed by atoms with Gasteiger partial charge in [-0.3, -0.25) is 0 Å². The van der Waals surface area contributed by atoms with Crippen LogP contribution < -0.4 is 5.32 Å². The van der Waals surface area contributed by atoms with Crippen molar-refractivity contribution in [2.45, 2.75) is 33.7 Å². The molecule has 1 unspecified atom stereocenters. The third-order valence-electron chi connectivity index (χ3n) is 2.86. The molecule has 0 saturated heterocycles. The third-order valence-corrected chi connectivity index (χ3v) is 3.71. The Morgan fingerprint density at radius 1 is 1.13 bits per heavy atom. The molecule has 15 heavy (non-hydrogen) atoms. The topological polar surface area (TPSA) is 12.0 Å². The quantitative estimate of drug-likeness (QED) is 0.876. The van der Waals surface area contributed by atoms with Gasteiger partial charge in [-0.05, 0) is 49.6 Å². The zero-order valence-corrected chi connectivity index (χ0v) is 11.8. The van der Waals surface area contributed by atoms with Crippen LogP contribution >= 0.6 is 15.9 Å². The molecule has 1 N–H and O–H groups in total. The zero-order chi connectivity index (χ0) is 11.6. The lowest BCUT2D eigenvalue weighted by Crippen LogP contribution is -2.22. The van der Waals surface area contributed by atoms with Crippen LogP contribution in [0.1, 0.15) is 36.6 Å². The molecule has 1 aromatic rings. The van der Waals surface area contributed by atoms with Crippen LogP contribution in [0.5, 0.6) is 0 Å². The van der Waals surface area contributed by atoms with Crippen molar-refractivity contribution in [1.29, 1.82) is 0 Å². The number of halogens is 1. The lowest BCUT2D eigenvalue weighted by molar-refractivity contribution is 0.441. The Labute approximate surface area is 101 Å². The summed E-state index contributed by atoms with van der Waals surface area (Å²) in [4.78, 5) is 0. The van der Waals surface area contributed by atoms with Gasteiger partial charge in [0.15, 0.2) is 0 Å². The molecule has 1 nitrogen and oxygen atoms in total. The van der Waals surface area contributed by atoms with Gasteiger partial charge in [0.25, 0.3) is 0 Å². The lowest BCUT2D eigenvalue weighted by Gasteiger charge is -2.23. The van der Waals surface area contributed by atoms with Crippen LogP contribution in [0.25, 0.3) is 0 Å². The molecule has 0 aliphatic rings. The van der Waals surface area contributed by atoms with Gasteiger partial charge in [-0.15, -0.1) is 0 Å². The number of rotatable bonds is 3. The molecule has 84 valence electrons. The Hall–Kier alpha value is -0.340. The molecule has 0 spiro atoms. The van der Waals surface area contributed by atoms with E-state index in [4.69, 9.17) is 0 Å². The molecule has 2 heteroatoms. The fraction of sp³-hybridized carbons (Fsp3) is 0.538. The Bertz CT molecular complexity index is 345. The summed E-state index contributed by atoms with van der Waals surface area (Å²) in [5.41, 5.74) is 4.06. The summed E-state index contributed by atoms with van der Waals surface area (Å²) in [5.74, 6) is 0.606. The molecular weight excluding hydrogens is 250 g/mol. The summed E-state index contributed by atoms with van der Waals surface area (Å²) in [6, 6.07) is 4.93. The Kier molecular flexibility index (Phi) is 4.35. The average Bonchev–Trinajstić information content (AvgIpc) is 2.14. The van der Waals surface area contributed by atoms with Gasteiger partial charge < -0.3 is 5.32 Å². The normalized spacial score (nSPS) is 13.3. The van der Waals surface area contributed by atoms with E-state index < -0.39 is 0 Å². The van der Waals surface area contributed by atoms with Crippen LogP contribution in [0.2, 0.25) is 0 Å². The molecule has 1 aromatic carbocycles. The van der Waals surface area contributed by atoms with Gasteiger partial charge in [0.1, 0.15) is 0 Å². The van der Waals surface area contributed by atoms with Crippen LogP contribution in [0.4, 0.5) is 0 Å². The van der Waals surface area contributed by atoms with Crippen LogP contribution in [-0.4, -0.2) is 7.05 Å². The number of aryl methyl sites for hydroxylation is 2. The first-order valence-electron chi connectivity index (χ1n) is 5.41. The molecule has 1 rings (SSSR count). The molecule has 0 aliphatic carbocycles. The van der Waals surface area contributed by atoms with Crippen molar-refractivity contribution in [3.05, 3.63) is 33.3 Å². The molecule has 1 atom stereocenters. The minimum absolute atomic E-state index is 0.441. The second kappa shape index (κ2) is 5.13. The molecule has 0 bridgehead atoms. The van der Waals surface area contributed by atoms with E-state index in [1.807, 2.05) is 7.05 Å². The largest absolute Gasteiger partial charge is 0.313 e. The summed E-state index contributed by atoms with van der Waals surface area (Å²) in [6.07, 6.45) is 0. The van der Waals surface area contributed by atoms with Crippen molar-refractivity contribution >= 4 is 15.9 Å². The minimum Gasteiger partial charge on any atom is -0.313 e. The fourth-order valence-corrected chi connectivity index (χ4v) is 2.44. The molecule has 0 aliphatic heterocycles. The molecule has 0 amide bonds. The van der Waals surface area contributed by atoms with Gasteiger partial charge in [-0.2, -0.15) is 0 Å². The van der Waals surface area contributed by atoms with Crippen molar-refractivity contribution in [1.82, 2.24) is 5.32 Å². The summed E-state index contributed by atoms with van der Waals surface area (Å²) < 4.78 is 1.20. The van der Waals surface area contributed by atoms with E-state index in [1.54, 1.807) is 0 Å². The summed E-state index contributed by atoms with van der Waals surface area (Å²) >= 11 is 3.57. The lowest BCUT2D eigenvalue weighted by atomic mass is 9.91. The number of benzene rings is 1. The number of hydrogen-bond donors (Lipinski definition) is 1. The predicted octanol–water partition coefficient (Wildman–Crippen LogP) is 3.98. The molecular formula is C13H20BrN. The molecule has 0 aromatic heterocycles. The van der Waals surface area contributed by atoms with E-state index in [0.717, 1.165) is 0 Å². The average molecular weight is 270 g/mol. The number of nitrogens with one attached hydrogen (secondary N) is 1. The predicted molar refractivity (Wildman–Crippen MR) is 70.3 cm³/mol. The maximum Gasteiger partial charge on any atom is 0.0343 e. The maximum absolute atomic E-state index is 3.57. The minimum atomic E-state index is 0.441. The second-order valence-corrected chi connectivity index (χ2v) is 5.32. The standard InChI is InChI=1S/C13H20BrN/c1-8(2)13(15-5)11-6-10(4)12(14)7-9(11)3/h6-8,13,15H,1-5H3. The molecule has 0 heterocycles. The summed E-state index contributed by atoms with van der Waals surface area (Å²) in [5, 5.41) is 3.39. The SMILES string of the molecule is CNC(c1cc(C)c(Br)cc1C)C(C)C. The fourth-order valence-electron chi connectivity index (χ4n) is 1.99. The first-order valence-corrected chi connectivity index (χ1v) is 6.20. The van der Waals surface area contributed by atoms with Crippen molar-refractivity contribution in [2.24, 2.45) is 5.92 Å². The van der Waals surface area contributed by atoms with Gasteiger partial charge in [0.2, 0.25) is 0 Å². The Morgan fingerprint density at radius 2 is 1.73 bits per heavy atom. The van der Waals surface area contributed by atoms with Crippen LogP contribution in [-0.2, 0) is 0 Å². The van der Waals surface area contributed by atoms with Gasteiger partial charge in [0, 0.05) is 10.5 Å². The van der Waals surface area contributed by atoms with Gasteiger partial charge in [-0.1, -0.05) is 35.8 Å². The zero-order valence-electron chi connectivity index (χ0n) is 10.2. The second-order valence-electron chi connectivity index (χ2n) is 4.47. The van der Waals surface area contributed by atoms with Crippen molar-refractivity contribution in [3.63, 3.8) is 0 Å². The van der Waals surface area contributed by atoms with Crippen LogP contribution in [0, 0.1) is 19.8 Å². The van der Waals surface area contributed by atoms with E-state index in [9.17, 15) is 0 Å². The number of hydrogen-bond acceptors (Lipinski definition) is 1. The summed E-state index contributed by atoms with van der Waals surface area (Å²) in [7, 11) is 2.03. The first kappa shape index (κ1) is 12.7. The molecule has 0 fully saturated rings.